The molecule has 6 N–H and O–H groups in total. The van der Waals surface area contributed by atoms with Crippen LogP contribution in [0.25, 0.3) is 0 Å². The van der Waals surface area contributed by atoms with Crippen molar-refractivity contribution in [2.75, 3.05) is 19.8 Å². The number of hydrogen-bond donors (Lipinski definition) is 6. The number of hydrogen-bond acceptors (Lipinski definition) is 10. The van der Waals surface area contributed by atoms with E-state index in [-0.39, 0.29) is 24.9 Å². The molecule has 0 spiro atoms. The molecule has 1 fully saturated rings. The van der Waals surface area contributed by atoms with Gasteiger partial charge in [-0.2, -0.15) is 0 Å². The Balaban J connectivity index is 2.24. The highest BCUT2D eigenvalue weighted by atomic mass is 16.7. The number of rotatable bonds is 40. The van der Waals surface area contributed by atoms with Crippen molar-refractivity contribution in [3.05, 3.63) is 72.9 Å². The Morgan fingerprint density at radius 1 is 0.603 bits per heavy atom. The molecule has 63 heavy (non-hydrogen) atoms. The second kappa shape index (κ2) is 41.8. The fourth-order valence-corrected chi connectivity index (χ4v) is 7.04. The first-order valence-corrected chi connectivity index (χ1v) is 24.7. The lowest BCUT2D eigenvalue weighted by atomic mass is 9.99. The highest BCUT2D eigenvalue weighted by molar-refractivity contribution is 5.76. The Bertz CT molecular complexity index is 1280. The maximum atomic E-state index is 12.9. The third kappa shape index (κ3) is 32.4. The van der Waals surface area contributed by atoms with Crippen LogP contribution >= 0.6 is 0 Å². The summed E-state index contributed by atoms with van der Waals surface area (Å²) in [4.78, 5) is 24.9. The van der Waals surface area contributed by atoms with Gasteiger partial charge >= 0.3 is 5.97 Å². The van der Waals surface area contributed by atoms with E-state index >= 15 is 0 Å². The van der Waals surface area contributed by atoms with Gasteiger partial charge in [-0.15, -0.1) is 0 Å². The predicted molar refractivity (Wildman–Crippen MR) is 255 cm³/mol. The first-order chi connectivity index (χ1) is 30.7. The van der Waals surface area contributed by atoms with Gasteiger partial charge in [-0.05, 0) is 96.3 Å². The summed E-state index contributed by atoms with van der Waals surface area (Å²) in [7, 11) is 0. The number of carbonyl (C=O) groups is 2. The molecule has 1 amide bonds. The van der Waals surface area contributed by atoms with E-state index in [4.69, 9.17) is 14.2 Å². The molecule has 11 nitrogen and oxygen atoms in total. The lowest BCUT2D eigenvalue weighted by molar-refractivity contribution is -0.302. The minimum Gasteiger partial charge on any atom is -0.466 e. The van der Waals surface area contributed by atoms with Crippen molar-refractivity contribution in [3.8, 4) is 0 Å². The van der Waals surface area contributed by atoms with Crippen LogP contribution in [0.3, 0.4) is 0 Å². The topological polar surface area (TPSA) is 175 Å². The lowest BCUT2D eigenvalue weighted by Crippen LogP contribution is -2.60. The highest BCUT2D eigenvalue weighted by Gasteiger charge is 2.44. The fourth-order valence-electron chi connectivity index (χ4n) is 7.04. The van der Waals surface area contributed by atoms with Crippen LogP contribution in [0.15, 0.2) is 72.9 Å². The summed E-state index contributed by atoms with van der Waals surface area (Å²) in [6.07, 6.45) is 42.9. The molecule has 1 rings (SSSR count). The molecule has 0 aromatic carbocycles. The summed E-state index contributed by atoms with van der Waals surface area (Å²) >= 11 is 0. The van der Waals surface area contributed by atoms with Gasteiger partial charge in [-0.3, -0.25) is 9.59 Å². The molecular weight excluding hydrogens is 799 g/mol. The first kappa shape index (κ1) is 58.1. The van der Waals surface area contributed by atoms with Crippen LogP contribution < -0.4 is 5.32 Å². The Morgan fingerprint density at radius 2 is 1.14 bits per heavy atom. The Kier molecular flexibility index (Phi) is 38.5. The average Bonchev–Trinajstić information content (AvgIpc) is 3.28. The minimum absolute atomic E-state index is 0.0532. The minimum atomic E-state index is -1.60. The summed E-state index contributed by atoms with van der Waals surface area (Å²) in [5, 5.41) is 53.9. The van der Waals surface area contributed by atoms with Crippen molar-refractivity contribution < 1.29 is 49.3 Å². The van der Waals surface area contributed by atoms with E-state index in [2.05, 4.69) is 67.8 Å². The molecule has 7 atom stereocenters. The molecule has 0 aliphatic carbocycles. The summed E-state index contributed by atoms with van der Waals surface area (Å²) in [6, 6.07) is -0.879. The zero-order valence-electron chi connectivity index (χ0n) is 39.3. The summed E-state index contributed by atoms with van der Waals surface area (Å²) in [5.41, 5.74) is 0. The second-order valence-corrected chi connectivity index (χ2v) is 16.8. The van der Waals surface area contributed by atoms with Crippen LogP contribution in [-0.2, 0) is 23.8 Å². The number of allylic oxidation sites excluding steroid dienone is 11. The van der Waals surface area contributed by atoms with Crippen LogP contribution in [0.4, 0.5) is 0 Å². The van der Waals surface area contributed by atoms with E-state index in [1.165, 1.54) is 64.2 Å². The Hall–Kier alpha value is -2.90. The molecular formula is C52H89NO10. The normalized spacial score (nSPS) is 20.7. The summed E-state index contributed by atoms with van der Waals surface area (Å²) in [5.74, 6) is -0.336. The molecule has 0 aromatic heterocycles. The van der Waals surface area contributed by atoms with Crippen LogP contribution in [0.1, 0.15) is 181 Å². The number of aliphatic hydroxyl groups excluding tert-OH is 5. The average molecular weight is 888 g/mol. The van der Waals surface area contributed by atoms with E-state index in [9.17, 15) is 35.1 Å². The molecule has 1 aliphatic heterocycles. The van der Waals surface area contributed by atoms with E-state index in [0.29, 0.717) is 25.9 Å². The van der Waals surface area contributed by atoms with Crippen molar-refractivity contribution >= 4 is 11.9 Å². The molecule has 1 heterocycles. The van der Waals surface area contributed by atoms with Gasteiger partial charge < -0.3 is 45.1 Å². The molecule has 0 aromatic rings. The van der Waals surface area contributed by atoms with Crippen LogP contribution in [-0.4, -0.2) is 100 Å². The third-order valence-corrected chi connectivity index (χ3v) is 11.0. The van der Waals surface area contributed by atoms with Gasteiger partial charge in [0.1, 0.15) is 24.4 Å². The maximum absolute atomic E-state index is 12.9. The van der Waals surface area contributed by atoms with E-state index in [1.54, 1.807) is 6.08 Å². The zero-order chi connectivity index (χ0) is 46.0. The Labute approximate surface area is 381 Å². The van der Waals surface area contributed by atoms with Gasteiger partial charge in [-0.25, -0.2) is 0 Å². The molecule has 0 saturated carbocycles. The van der Waals surface area contributed by atoms with Gasteiger partial charge in [0, 0.05) is 12.8 Å². The van der Waals surface area contributed by atoms with Crippen molar-refractivity contribution in [2.45, 2.75) is 224 Å². The zero-order valence-corrected chi connectivity index (χ0v) is 39.3. The molecule has 0 radical (unpaired) electrons. The number of esters is 1. The monoisotopic (exact) mass is 888 g/mol. The summed E-state index contributed by atoms with van der Waals surface area (Å²) in [6.45, 7) is 4.04. The third-order valence-electron chi connectivity index (χ3n) is 11.0. The number of nitrogens with one attached hydrogen (secondary N) is 1. The van der Waals surface area contributed by atoms with E-state index < -0.39 is 49.5 Å². The number of aliphatic hydroxyl groups is 5. The van der Waals surface area contributed by atoms with E-state index in [0.717, 1.165) is 77.0 Å². The quantitative estimate of drug-likeness (QED) is 0.0198. The smallest absolute Gasteiger partial charge is 0.305 e. The molecule has 1 aliphatic rings. The molecule has 362 valence electrons. The highest BCUT2D eigenvalue weighted by Crippen LogP contribution is 2.22. The van der Waals surface area contributed by atoms with Gasteiger partial charge in [0.25, 0.3) is 0 Å². The largest absolute Gasteiger partial charge is 0.466 e. The van der Waals surface area contributed by atoms with Gasteiger partial charge in [-0.1, -0.05) is 145 Å². The van der Waals surface area contributed by atoms with E-state index in [1.807, 2.05) is 18.2 Å². The van der Waals surface area contributed by atoms with Crippen LogP contribution in [0, 0.1) is 0 Å². The van der Waals surface area contributed by atoms with Gasteiger partial charge in [0.05, 0.1) is 32.0 Å². The van der Waals surface area contributed by atoms with Gasteiger partial charge in [0.2, 0.25) is 5.91 Å². The lowest BCUT2D eigenvalue weighted by Gasteiger charge is -2.40. The number of carbonyl (C=O) groups excluding carboxylic acids is 2. The molecule has 0 bridgehead atoms. The SMILES string of the molecule is CC/C=C/CC/C=C/CC/C=C/C(O)C(COC1OC(CO)C(O)C(O)C1O)NC(=O)CC/C=C\C/C=C\CCCCCCCCOC(=O)CCCCCCC/C=C\CCCCC. The van der Waals surface area contributed by atoms with Crippen LogP contribution in [0.5, 0.6) is 0 Å². The predicted octanol–water partition coefficient (Wildman–Crippen LogP) is 9.71. The standard InChI is InChI=1S/C52H89NO10/c1-3-5-7-9-11-13-15-20-24-28-32-36-40-48(57)61-41-37-33-29-25-21-18-16-17-19-23-27-31-35-39-47(56)53-44(43-62-52-51(60)50(59)49(58)46(42-54)63-52)45(55)38-34-30-26-22-14-12-10-8-6-4-2/h6,8,11,13-14,17,19,22,27,31,34,38,44-46,49-52,54-55,58-60H,3-5,7,9-10,12,15-16,18,20-21,23-26,28-30,32-33,35-37,39-43H2,1-2H3,(H,53,56)/b8-6+,13-11-,19-17-,22-14+,31-27-,38-34+. The molecule has 11 heteroatoms. The first-order valence-electron chi connectivity index (χ1n) is 24.7. The summed E-state index contributed by atoms with van der Waals surface area (Å²) < 4.78 is 16.6. The van der Waals surface area contributed by atoms with Crippen molar-refractivity contribution in [2.24, 2.45) is 0 Å². The second-order valence-electron chi connectivity index (χ2n) is 16.8. The van der Waals surface area contributed by atoms with Crippen molar-refractivity contribution in [1.29, 1.82) is 0 Å². The van der Waals surface area contributed by atoms with Crippen molar-refractivity contribution in [1.82, 2.24) is 5.32 Å². The number of ether oxygens (including phenoxy) is 3. The molecule has 7 unspecified atom stereocenters. The van der Waals surface area contributed by atoms with Crippen molar-refractivity contribution in [3.63, 3.8) is 0 Å². The number of unbranched alkanes of at least 4 members (excludes halogenated alkanes) is 16. The van der Waals surface area contributed by atoms with Crippen LogP contribution in [0.2, 0.25) is 0 Å². The van der Waals surface area contributed by atoms with Gasteiger partial charge in [0.15, 0.2) is 6.29 Å². The Morgan fingerprint density at radius 3 is 1.78 bits per heavy atom. The fraction of sp³-hybridized carbons (Fsp3) is 0.731. The molecule has 1 saturated heterocycles. The number of amides is 1. The maximum Gasteiger partial charge on any atom is 0.305 e.